The lowest BCUT2D eigenvalue weighted by Gasteiger charge is -2.08. The van der Waals surface area contributed by atoms with Crippen molar-refractivity contribution in [2.75, 3.05) is 0 Å². The highest BCUT2D eigenvalue weighted by Crippen LogP contribution is 2.24. The molecular weight excluding hydrogens is 310 g/mol. The molecule has 1 aromatic heterocycles. The lowest BCUT2D eigenvalue weighted by atomic mass is 10.2. The number of carboxylic acids is 1. The summed E-state index contributed by atoms with van der Waals surface area (Å²) in [5.74, 6) is -1.04. The summed E-state index contributed by atoms with van der Waals surface area (Å²) in [4.78, 5) is 11.2. The third-order valence-electron chi connectivity index (χ3n) is 2.78. The second-order valence-electron chi connectivity index (χ2n) is 4.31. The average Bonchev–Trinajstić information content (AvgIpc) is 2.73. The van der Waals surface area contributed by atoms with E-state index in [1.54, 1.807) is 4.68 Å². The Morgan fingerprint density at radius 2 is 2.21 bits per heavy atom. The first-order valence-corrected chi connectivity index (χ1v) is 6.78. The number of aromatic carboxylic acids is 1. The largest absolute Gasteiger partial charge is 0.476 e. The molecular formula is C13H14BrN3O2. The summed E-state index contributed by atoms with van der Waals surface area (Å²) in [6, 6.07) is 5.82. The quantitative estimate of drug-likeness (QED) is 0.939. The Bertz CT molecular complexity index is 622. The molecule has 0 saturated heterocycles. The first-order valence-electron chi connectivity index (χ1n) is 5.99. The number of aromatic nitrogens is 3. The van der Waals surface area contributed by atoms with E-state index in [0.717, 1.165) is 22.1 Å². The lowest BCUT2D eigenvalue weighted by molar-refractivity contribution is 0.0689. The van der Waals surface area contributed by atoms with Crippen molar-refractivity contribution < 1.29 is 9.90 Å². The van der Waals surface area contributed by atoms with Gasteiger partial charge in [0.1, 0.15) is 0 Å². The van der Waals surface area contributed by atoms with Gasteiger partial charge in [-0.15, -0.1) is 5.10 Å². The molecule has 1 heterocycles. The van der Waals surface area contributed by atoms with Gasteiger partial charge in [0.15, 0.2) is 5.69 Å². The first-order chi connectivity index (χ1) is 9.04. The average molecular weight is 324 g/mol. The number of halogens is 1. The van der Waals surface area contributed by atoms with Crippen LogP contribution in [0, 0.1) is 6.92 Å². The molecule has 0 amide bonds. The van der Waals surface area contributed by atoms with Gasteiger partial charge in [-0.25, -0.2) is 9.48 Å². The smallest absolute Gasteiger partial charge is 0.358 e. The third kappa shape index (κ3) is 2.68. The van der Waals surface area contributed by atoms with E-state index in [9.17, 15) is 4.79 Å². The fraction of sp³-hybridized carbons (Fsp3) is 0.308. The van der Waals surface area contributed by atoms with Crippen molar-refractivity contribution in [3.05, 3.63) is 39.6 Å². The second-order valence-corrected chi connectivity index (χ2v) is 5.16. The van der Waals surface area contributed by atoms with Gasteiger partial charge in [0, 0.05) is 4.47 Å². The molecule has 0 aliphatic heterocycles. The predicted octanol–water partition coefficient (Wildman–Crippen LogP) is 2.99. The van der Waals surface area contributed by atoms with Crippen LogP contribution in [0.5, 0.6) is 0 Å². The van der Waals surface area contributed by atoms with Crippen LogP contribution in [0.3, 0.4) is 0 Å². The molecule has 0 aliphatic rings. The molecule has 100 valence electrons. The maximum Gasteiger partial charge on any atom is 0.358 e. The van der Waals surface area contributed by atoms with Gasteiger partial charge in [-0.3, -0.25) is 0 Å². The molecule has 0 radical (unpaired) electrons. The Morgan fingerprint density at radius 1 is 1.47 bits per heavy atom. The normalized spacial score (nSPS) is 10.7. The van der Waals surface area contributed by atoms with E-state index in [4.69, 9.17) is 5.11 Å². The fourth-order valence-corrected chi connectivity index (χ4v) is 2.57. The van der Waals surface area contributed by atoms with Crippen molar-refractivity contribution in [2.45, 2.75) is 26.7 Å². The van der Waals surface area contributed by atoms with Crippen LogP contribution in [0.25, 0.3) is 5.69 Å². The van der Waals surface area contributed by atoms with Gasteiger partial charge in [0.05, 0.1) is 11.4 Å². The van der Waals surface area contributed by atoms with Crippen LogP contribution >= 0.6 is 15.9 Å². The van der Waals surface area contributed by atoms with Gasteiger partial charge < -0.3 is 5.11 Å². The monoisotopic (exact) mass is 323 g/mol. The van der Waals surface area contributed by atoms with Crippen LogP contribution in [0.4, 0.5) is 0 Å². The van der Waals surface area contributed by atoms with Crippen LogP contribution in [0.1, 0.15) is 35.1 Å². The topological polar surface area (TPSA) is 68.0 Å². The van der Waals surface area contributed by atoms with Crippen molar-refractivity contribution in [1.29, 1.82) is 0 Å². The van der Waals surface area contributed by atoms with E-state index in [2.05, 4.69) is 26.2 Å². The zero-order valence-corrected chi connectivity index (χ0v) is 12.3. The SMILES string of the molecule is CCCc1c(C(=O)O)nnn1-c1ccc(C)cc1Br. The van der Waals surface area contributed by atoms with Crippen molar-refractivity contribution in [3.8, 4) is 5.69 Å². The summed E-state index contributed by atoms with van der Waals surface area (Å²) in [6.45, 7) is 3.98. The molecule has 2 rings (SSSR count). The van der Waals surface area contributed by atoms with E-state index in [-0.39, 0.29) is 5.69 Å². The molecule has 0 bridgehead atoms. The third-order valence-corrected chi connectivity index (χ3v) is 3.42. The molecule has 1 aromatic carbocycles. The maximum atomic E-state index is 11.2. The van der Waals surface area contributed by atoms with Crippen molar-refractivity contribution >= 4 is 21.9 Å². The van der Waals surface area contributed by atoms with Crippen LogP contribution in [-0.2, 0) is 6.42 Å². The number of rotatable bonds is 4. The van der Waals surface area contributed by atoms with Crippen LogP contribution in [-0.4, -0.2) is 26.1 Å². The molecule has 0 fully saturated rings. The molecule has 1 N–H and O–H groups in total. The van der Waals surface area contributed by atoms with E-state index in [1.165, 1.54) is 0 Å². The van der Waals surface area contributed by atoms with Gasteiger partial charge in [-0.1, -0.05) is 24.6 Å². The summed E-state index contributed by atoms with van der Waals surface area (Å²) < 4.78 is 2.46. The molecule has 5 nitrogen and oxygen atoms in total. The zero-order valence-electron chi connectivity index (χ0n) is 10.7. The van der Waals surface area contributed by atoms with Gasteiger partial charge in [-0.05, 0) is 47.0 Å². The number of hydrogen-bond acceptors (Lipinski definition) is 3. The van der Waals surface area contributed by atoms with Crippen molar-refractivity contribution in [2.24, 2.45) is 0 Å². The van der Waals surface area contributed by atoms with Crippen molar-refractivity contribution in [1.82, 2.24) is 15.0 Å². The minimum absolute atomic E-state index is 0.0225. The Labute approximate surface area is 119 Å². The van der Waals surface area contributed by atoms with E-state index >= 15 is 0 Å². The lowest BCUT2D eigenvalue weighted by Crippen LogP contribution is -2.07. The number of aryl methyl sites for hydroxylation is 1. The second kappa shape index (κ2) is 5.52. The minimum atomic E-state index is -1.04. The summed E-state index contributed by atoms with van der Waals surface area (Å²) in [7, 11) is 0. The van der Waals surface area contributed by atoms with Crippen LogP contribution < -0.4 is 0 Å². The molecule has 2 aromatic rings. The maximum absolute atomic E-state index is 11.2. The minimum Gasteiger partial charge on any atom is -0.476 e. The van der Waals surface area contributed by atoms with Gasteiger partial charge >= 0.3 is 5.97 Å². The van der Waals surface area contributed by atoms with Crippen LogP contribution in [0.15, 0.2) is 22.7 Å². The number of carbonyl (C=O) groups is 1. The highest BCUT2D eigenvalue weighted by molar-refractivity contribution is 9.10. The molecule has 19 heavy (non-hydrogen) atoms. The number of hydrogen-bond donors (Lipinski definition) is 1. The molecule has 0 atom stereocenters. The molecule has 6 heteroatoms. The predicted molar refractivity (Wildman–Crippen MR) is 74.8 cm³/mol. The van der Waals surface area contributed by atoms with Gasteiger partial charge in [-0.2, -0.15) is 0 Å². The Morgan fingerprint density at radius 3 is 2.79 bits per heavy atom. The summed E-state index contributed by atoms with van der Waals surface area (Å²) >= 11 is 3.48. The Balaban J connectivity index is 2.58. The van der Waals surface area contributed by atoms with E-state index in [0.29, 0.717) is 12.1 Å². The van der Waals surface area contributed by atoms with Crippen LogP contribution in [0.2, 0.25) is 0 Å². The number of carboxylic acid groups (broad SMARTS) is 1. The molecule has 0 spiro atoms. The Kier molecular flexibility index (Phi) is 3.99. The number of benzene rings is 1. The standard InChI is InChI=1S/C13H14BrN3O2/c1-3-4-11-12(13(18)19)15-16-17(11)10-6-5-8(2)7-9(10)14/h5-7H,3-4H2,1-2H3,(H,18,19). The first kappa shape index (κ1) is 13.7. The zero-order chi connectivity index (χ0) is 14.0. The Hall–Kier alpha value is -1.69. The molecule has 0 aliphatic carbocycles. The fourth-order valence-electron chi connectivity index (χ4n) is 1.91. The van der Waals surface area contributed by atoms with Gasteiger partial charge in [0.2, 0.25) is 0 Å². The molecule has 0 saturated carbocycles. The summed E-state index contributed by atoms with van der Waals surface area (Å²) in [5, 5.41) is 16.9. The number of nitrogens with zero attached hydrogens (tertiary/aromatic N) is 3. The highest BCUT2D eigenvalue weighted by atomic mass is 79.9. The van der Waals surface area contributed by atoms with E-state index < -0.39 is 5.97 Å². The van der Waals surface area contributed by atoms with Crippen molar-refractivity contribution in [3.63, 3.8) is 0 Å². The summed E-state index contributed by atoms with van der Waals surface area (Å²) in [6.07, 6.45) is 1.45. The summed E-state index contributed by atoms with van der Waals surface area (Å²) in [5.41, 5.74) is 2.56. The van der Waals surface area contributed by atoms with E-state index in [1.807, 2.05) is 32.0 Å². The highest BCUT2D eigenvalue weighted by Gasteiger charge is 2.20. The molecule has 0 unspecified atom stereocenters. The van der Waals surface area contributed by atoms with Gasteiger partial charge in [0.25, 0.3) is 0 Å².